The van der Waals surface area contributed by atoms with Crippen molar-refractivity contribution in [3.8, 4) is 0 Å². The first kappa shape index (κ1) is 24.2. The molecule has 3 fully saturated rings. The van der Waals surface area contributed by atoms with Gasteiger partial charge in [0, 0.05) is 50.9 Å². The lowest BCUT2D eigenvalue weighted by Crippen LogP contribution is -2.56. The summed E-state index contributed by atoms with van der Waals surface area (Å²) in [6.07, 6.45) is 4.32. The second-order valence-corrected chi connectivity index (χ2v) is 10.7. The van der Waals surface area contributed by atoms with Crippen LogP contribution in [0, 0.1) is 0 Å². The van der Waals surface area contributed by atoms with E-state index in [1.54, 1.807) is 4.90 Å². The molecule has 0 bridgehead atoms. The average Bonchev–Trinajstić information content (AvgIpc) is 2.76. The van der Waals surface area contributed by atoms with Gasteiger partial charge in [-0.25, -0.2) is 4.79 Å². The van der Waals surface area contributed by atoms with Crippen molar-refractivity contribution in [1.29, 1.82) is 0 Å². The molecule has 0 aromatic heterocycles. The van der Waals surface area contributed by atoms with E-state index in [9.17, 15) is 9.59 Å². The number of ether oxygens (including phenoxy) is 2. The van der Waals surface area contributed by atoms with E-state index >= 15 is 0 Å². The van der Waals surface area contributed by atoms with Crippen LogP contribution in [0.4, 0.5) is 4.79 Å². The summed E-state index contributed by atoms with van der Waals surface area (Å²) >= 11 is 0. The number of Topliss-reactive ketones (excluding diaryl/α,β-unsaturated/α-hetero) is 1. The predicted octanol–water partition coefficient (Wildman–Crippen LogP) is 3.43. The average molecular weight is 458 g/mol. The fraction of sp³-hybridized carbons (Fsp3) is 0.692. The molecular formula is C26H39N3O4. The van der Waals surface area contributed by atoms with E-state index in [1.807, 2.05) is 51.1 Å². The third kappa shape index (κ3) is 6.78. The van der Waals surface area contributed by atoms with Crippen LogP contribution in [0.2, 0.25) is 0 Å². The van der Waals surface area contributed by atoms with Gasteiger partial charge in [-0.1, -0.05) is 30.3 Å². The van der Waals surface area contributed by atoms with Crippen molar-refractivity contribution in [1.82, 2.24) is 14.7 Å². The number of hydrogen-bond donors (Lipinski definition) is 0. The van der Waals surface area contributed by atoms with Gasteiger partial charge in [0.2, 0.25) is 0 Å². The quantitative estimate of drug-likeness (QED) is 0.610. The van der Waals surface area contributed by atoms with Crippen LogP contribution in [0.3, 0.4) is 0 Å². The molecule has 1 saturated carbocycles. The van der Waals surface area contributed by atoms with Crippen LogP contribution in [-0.4, -0.2) is 96.2 Å². The second-order valence-electron chi connectivity index (χ2n) is 10.7. The largest absolute Gasteiger partial charge is 0.444 e. The zero-order chi connectivity index (χ0) is 23.4. The maximum atomic E-state index is 12.4. The summed E-state index contributed by atoms with van der Waals surface area (Å²) in [5.41, 5.74) is 0.352. The van der Waals surface area contributed by atoms with E-state index in [-0.39, 0.29) is 18.0 Å². The lowest BCUT2D eigenvalue weighted by molar-refractivity contribution is -0.107. The van der Waals surface area contributed by atoms with Crippen molar-refractivity contribution in [3.63, 3.8) is 0 Å². The number of ketones is 1. The molecule has 0 atom stereocenters. The first-order chi connectivity index (χ1) is 15.8. The Morgan fingerprint density at radius 2 is 1.55 bits per heavy atom. The Labute approximate surface area is 198 Å². The lowest BCUT2D eigenvalue weighted by atomic mass is 9.87. The molecule has 0 N–H and O–H groups in total. The number of piperidine rings is 1. The molecule has 0 unspecified atom stereocenters. The number of likely N-dealkylation sites (tertiary alicyclic amines) is 1. The lowest BCUT2D eigenvalue weighted by Gasteiger charge is -2.47. The van der Waals surface area contributed by atoms with Gasteiger partial charge in [0.1, 0.15) is 5.60 Å². The number of rotatable bonds is 6. The van der Waals surface area contributed by atoms with Crippen LogP contribution in [-0.2, 0) is 9.47 Å². The second kappa shape index (κ2) is 10.5. The number of amides is 1. The molecule has 7 nitrogen and oxygen atoms in total. The highest BCUT2D eigenvalue weighted by Crippen LogP contribution is 2.31. The van der Waals surface area contributed by atoms with Gasteiger partial charge in [-0.3, -0.25) is 14.6 Å². The van der Waals surface area contributed by atoms with Crippen LogP contribution in [0.15, 0.2) is 30.3 Å². The first-order valence-electron chi connectivity index (χ1n) is 12.4. The zero-order valence-corrected chi connectivity index (χ0v) is 20.4. The van der Waals surface area contributed by atoms with E-state index in [1.165, 1.54) is 0 Å². The summed E-state index contributed by atoms with van der Waals surface area (Å²) in [5, 5.41) is 0. The predicted molar refractivity (Wildman–Crippen MR) is 128 cm³/mol. The van der Waals surface area contributed by atoms with Gasteiger partial charge in [0.15, 0.2) is 5.78 Å². The molecule has 1 aliphatic carbocycles. The molecule has 0 spiro atoms. The molecule has 1 amide bonds. The van der Waals surface area contributed by atoms with E-state index in [0.717, 1.165) is 57.4 Å². The molecular weight excluding hydrogens is 418 g/mol. The minimum absolute atomic E-state index is 0.207. The van der Waals surface area contributed by atoms with Gasteiger partial charge >= 0.3 is 6.09 Å². The summed E-state index contributed by atoms with van der Waals surface area (Å²) in [6.45, 7) is 11.6. The van der Waals surface area contributed by atoms with Gasteiger partial charge in [-0.2, -0.15) is 0 Å². The highest BCUT2D eigenvalue weighted by Gasteiger charge is 2.38. The van der Waals surface area contributed by atoms with Crippen molar-refractivity contribution >= 4 is 11.9 Å². The number of carbonyl (C=O) groups excluding carboxylic acids is 2. The normalized spacial score (nSPS) is 25.5. The van der Waals surface area contributed by atoms with Gasteiger partial charge in [-0.15, -0.1) is 0 Å². The van der Waals surface area contributed by atoms with Crippen molar-refractivity contribution in [3.05, 3.63) is 35.9 Å². The Balaban J connectivity index is 1.10. The third-order valence-corrected chi connectivity index (χ3v) is 6.93. The summed E-state index contributed by atoms with van der Waals surface area (Å²) in [7, 11) is 0. The smallest absolute Gasteiger partial charge is 0.410 e. The Morgan fingerprint density at radius 3 is 2.15 bits per heavy atom. The highest BCUT2D eigenvalue weighted by molar-refractivity contribution is 5.97. The number of hydrogen-bond acceptors (Lipinski definition) is 6. The van der Waals surface area contributed by atoms with Gasteiger partial charge in [0.25, 0.3) is 0 Å². The number of piperazine rings is 1. The number of nitrogens with zero attached hydrogens (tertiary/aromatic N) is 3. The Bertz CT molecular complexity index is 788. The Morgan fingerprint density at radius 1 is 0.909 bits per heavy atom. The molecule has 182 valence electrons. The SMILES string of the molecule is CC(C)(C)OC(=O)N1CCC(OC2CC(N3CCN(CC(=O)c4ccccc4)CC3)C2)CC1. The van der Waals surface area contributed by atoms with E-state index in [2.05, 4.69) is 9.80 Å². The summed E-state index contributed by atoms with van der Waals surface area (Å²) < 4.78 is 11.8. The molecule has 2 heterocycles. The summed E-state index contributed by atoms with van der Waals surface area (Å²) in [6, 6.07) is 10.2. The maximum Gasteiger partial charge on any atom is 0.410 e. The van der Waals surface area contributed by atoms with E-state index < -0.39 is 5.60 Å². The molecule has 1 aromatic rings. The molecule has 1 aromatic carbocycles. The Hall–Kier alpha value is -1.96. The summed E-state index contributed by atoms with van der Waals surface area (Å²) in [4.78, 5) is 31.3. The van der Waals surface area contributed by atoms with Crippen LogP contribution >= 0.6 is 0 Å². The standard InChI is InChI=1S/C26H39N3O4/c1-26(2,3)33-25(31)29-11-9-22(10-12-29)32-23-17-21(18-23)28-15-13-27(14-16-28)19-24(30)20-7-5-4-6-8-20/h4-8,21-23H,9-19H2,1-3H3. The van der Waals surface area contributed by atoms with Crippen LogP contribution in [0.25, 0.3) is 0 Å². The zero-order valence-electron chi connectivity index (χ0n) is 20.4. The van der Waals surface area contributed by atoms with Gasteiger partial charge in [0.05, 0.1) is 18.8 Å². The van der Waals surface area contributed by atoms with Crippen molar-refractivity contribution in [2.24, 2.45) is 0 Å². The Kier molecular flexibility index (Phi) is 7.72. The van der Waals surface area contributed by atoms with Gasteiger partial charge < -0.3 is 14.4 Å². The fourth-order valence-electron chi connectivity index (χ4n) is 4.93. The molecule has 0 radical (unpaired) electrons. The van der Waals surface area contributed by atoms with E-state index in [0.29, 0.717) is 31.8 Å². The molecule has 2 saturated heterocycles. The molecule has 3 aliphatic rings. The summed E-state index contributed by atoms with van der Waals surface area (Å²) in [5.74, 6) is 0.207. The minimum atomic E-state index is -0.450. The van der Waals surface area contributed by atoms with Crippen molar-refractivity contribution in [2.75, 3.05) is 45.8 Å². The molecule has 2 aliphatic heterocycles. The van der Waals surface area contributed by atoms with Gasteiger partial charge in [-0.05, 0) is 46.5 Å². The van der Waals surface area contributed by atoms with Crippen LogP contribution < -0.4 is 0 Å². The van der Waals surface area contributed by atoms with E-state index in [4.69, 9.17) is 9.47 Å². The fourth-order valence-corrected chi connectivity index (χ4v) is 4.93. The first-order valence-corrected chi connectivity index (χ1v) is 12.4. The third-order valence-electron chi connectivity index (χ3n) is 6.93. The van der Waals surface area contributed by atoms with Crippen LogP contribution in [0.1, 0.15) is 56.8 Å². The number of benzene rings is 1. The maximum absolute atomic E-state index is 12.4. The topological polar surface area (TPSA) is 62.3 Å². The molecule has 33 heavy (non-hydrogen) atoms. The molecule has 7 heteroatoms. The number of carbonyl (C=O) groups is 2. The minimum Gasteiger partial charge on any atom is -0.444 e. The molecule has 4 rings (SSSR count). The monoisotopic (exact) mass is 457 g/mol. The highest BCUT2D eigenvalue weighted by atomic mass is 16.6. The van der Waals surface area contributed by atoms with Crippen molar-refractivity contribution < 1.29 is 19.1 Å². The van der Waals surface area contributed by atoms with Crippen LogP contribution in [0.5, 0.6) is 0 Å². The van der Waals surface area contributed by atoms with Crippen molar-refractivity contribution in [2.45, 2.75) is 70.3 Å².